The van der Waals surface area contributed by atoms with Gasteiger partial charge in [0.2, 0.25) is 5.91 Å². The van der Waals surface area contributed by atoms with Gasteiger partial charge in [-0.25, -0.2) is 4.79 Å². The largest absolute Gasteiger partial charge is 0.456 e. The summed E-state index contributed by atoms with van der Waals surface area (Å²) in [6.07, 6.45) is 7.02. The molecule has 4 aliphatic rings. The smallest absolute Gasteiger partial charge is 0.326 e. The van der Waals surface area contributed by atoms with Crippen molar-refractivity contribution < 1.29 is 19.1 Å². The summed E-state index contributed by atoms with van der Waals surface area (Å²) in [5.74, 6) is 0.922. The average molecular weight is 547 g/mol. The van der Waals surface area contributed by atoms with Gasteiger partial charge >= 0.3 is 6.03 Å². The van der Waals surface area contributed by atoms with Crippen LogP contribution in [-0.4, -0.2) is 64.8 Å². The third-order valence-corrected chi connectivity index (χ3v) is 8.93. The van der Waals surface area contributed by atoms with E-state index in [0.29, 0.717) is 35.2 Å². The molecule has 10 nitrogen and oxygen atoms in total. The van der Waals surface area contributed by atoms with Crippen molar-refractivity contribution in [2.24, 2.45) is 5.92 Å². The summed E-state index contributed by atoms with van der Waals surface area (Å²) in [4.78, 5) is 47.1. The lowest BCUT2D eigenvalue weighted by Crippen LogP contribution is -2.62. The Bertz CT molecular complexity index is 1320. The highest BCUT2D eigenvalue weighted by molar-refractivity contribution is 8.04. The van der Waals surface area contributed by atoms with Gasteiger partial charge in [0, 0.05) is 42.6 Å². The van der Waals surface area contributed by atoms with Gasteiger partial charge in [0.05, 0.1) is 22.5 Å². The number of carbonyl (C=O) groups excluding carboxylic acids is 3. The van der Waals surface area contributed by atoms with E-state index in [4.69, 9.17) is 4.74 Å². The Morgan fingerprint density at radius 3 is 2.79 bits per heavy atom. The van der Waals surface area contributed by atoms with Gasteiger partial charge in [-0.1, -0.05) is 18.3 Å². The molecule has 2 aromatic rings. The molecule has 4 atom stereocenters. The number of pyridine rings is 1. The predicted octanol–water partition coefficient (Wildman–Crippen LogP) is 2.96. The number of piperidine rings is 2. The fourth-order valence-corrected chi connectivity index (χ4v) is 7.22. The van der Waals surface area contributed by atoms with Crippen LogP contribution in [0.2, 0.25) is 0 Å². The summed E-state index contributed by atoms with van der Waals surface area (Å²) >= 11 is 1.47. The number of carbonyl (C=O) groups is 3. The van der Waals surface area contributed by atoms with Crippen LogP contribution in [0.5, 0.6) is 11.5 Å². The summed E-state index contributed by atoms with van der Waals surface area (Å²) in [6.45, 7) is 5.43. The third-order valence-electron chi connectivity index (χ3n) is 7.58. The molecule has 202 valence electrons. The second kappa shape index (κ2) is 10.7. The SMILES string of the molecule is C=CC(=O)N1CCC[C@@H](NC(=O)C2=C3NC(=O)N(c4ccc(Oc5cccnc5)cc4)C4CCNC(S2)C34)C1. The Kier molecular flexibility index (Phi) is 7.01. The van der Waals surface area contributed by atoms with Gasteiger partial charge in [-0.2, -0.15) is 0 Å². The Morgan fingerprint density at radius 1 is 1.18 bits per heavy atom. The van der Waals surface area contributed by atoms with Gasteiger partial charge < -0.3 is 25.6 Å². The maximum absolute atomic E-state index is 13.4. The molecule has 0 spiro atoms. The summed E-state index contributed by atoms with van der Waals surface area (Å²) < 4.78 is 5.85. The minimum absolute atomic E-state index is 0.0130. The lowest BCUT2D eigenvalue weighted by atomic mass is 9.86. The van der Waals surface area contributed by atoms with Gasteiger partial charge in [-0.3, -0.25) is 19.5 Å². The molecule has 11 heteroatoms. The lowest BCUT2D eigenvalue weighted by molar-refractivity contribution is -0.128. The van der Waals surface area contributed by atoms with E-state index >= 15 is 0 Å². The summed E-state index contributed by atoms with van der Waals surface area (Å²) in [5, 5.41) is 9.66. The molecule has 3 fully saturated rings. The Hall–Kier alpha value is -3.83. The predicted molar refractivity (Wildman–Crippen MR) is 148 cm³/mol. The fraction of sp³-hybridized carbons (Fsp3) is 0.357. The first-order valence-corrected chi connectivity index (χ1v) is 14.0. The van der Waals surface area contributed by atoms with E-state index in [1.165, 1.54) is 17.8 Å². The van der Waals surface area contributed by atoms with E-state index in [0.717, 1.165) is 31.5 Å². The number of rotatable bonds is 6. The Morgan fingerprint density at radius 2 is 2.03 bits per heavy atom. The second-order valence-electron chi connectivity index (χ2n) is 10.0. The van der Waals surface area contributed by atoms with Crippen LogP contribution in [0, 0.1) is 5.92 Å². The maximum atomic E-state index is 13.4. The van der Waals surface area contributed by atoms with Crippen LogP contribution >= 0.6 is 11.8 Å². The quantitative estimate of drug-likeness (QED) is 0.477. The monoisotopic (exact) mass is 546 g/mol. The molecule has 1 aromatic heterocycles. The second-order valence-corrected chi connectivity index (χ2v) is 11.2. The number of nitrogens with zero attached hydrogens (tertiary/aromatic N) is 3. The number of thioether (sulfide) groups is 1. The van der Waals surface area contributed by atoms with Gasteiger partial charge in [-0.15, -0.1) is 0 Å². The zero-order valence-electron chi connectivity index (χ0n) is 21.3. The number of aromatic nitrogens is 1. The summed E-state index contributed by atoms with van der Waals surface area (Å²) in [7, 11) is 0. The first-order chi connectivity index (χ1) is 19.0. The number of nitrogens with one attached hydrogen (secondary N) is 3. The van der Waals surface area contributed by atoms with Crippen molar-refractivity contribution in [3.63, 3.8) is 0 Å². The zero-order chi connectivity index (χ0) is 26.9. The van der Waals surface area contributed by atoms with E-state index < -0.39 is 0 Å². The van der Waals surface area contributed by atoms with E-state index in [9.17, 15) is 14.4 Å². The average Bonchev–Trinajstić information content (AvgIpc) is 3.33. The van der Waals surface area contributed by atoms with Gasteiger partial charge in [0.1, 0.15) is 11.5 Å². The Labute approximate surface area is 230 Å². The van der Waals surface area contributed by atoms with E-state index in [1.807, 2.05) is 36.4 Å². The molecule has 0 bridgehead atoms. The lowest BCUT2D eigenvalue weighted by Gasteiger charge is -2.45. The molecule has 4 amide bonds. The summed E-state index contributed by atoms with van der Waals surface area (Å²) in [5.41, 5.74) is 1.46. The van der Waals surface area contributed by atoms with Crippen LogP contribution in [0.3, 0.4) is 0 Å². The molecule has 0 radical (unpaired) electrons. The maximum Gasteiger partial charge on any atom is 0.326 e. The zero-order valence-corrected chi connectivity index (χ0v) is 22.2. The first kappa shape index (κ1) is 25.4. The molecule has 5 heterocycles. The number of likely N-dealkylation sites (tertiary alicyclic amines) is 1. The van der Waals surface area contributed by atoms with Gasteiger partial charge in [0.25, 0.3) is 5.91 Å². The minimum Gasteiger partial charge on any atom is -0.456 e. The van der Waals surface area contributed by atoms with Crippen molar-refractivity contribution in [2.45, 2.75) is 36.7 Å². The Balaban J connectivity index is 1.19. The van der Waals surface area contributed by atoms with Gasteiger partial charge in [-0.05, 0) is 68.3 Å². The van der Waals surface area contributed by atoms with Crippen LogP contribution in [0.1, 0.15) is 19.3 Å². The number of urea groups is 1. The molecule has 3 saturated heterocycles. The topological polar surface area (TPSA) is 116 Å². The molecule has 3 N–H and O–H groups in total. The highest BCUT2D eigenvalue weighted by atomic mass is 32.2. The standard InChI is InChI=1S/C28H30N6O4S/c1-2-22(35)33-14-4-5-17(16-33)31-26(36)25-24-23-21(11-13-30-27(23)39-25)34(28(37)32-24)18-7-9-19(10-8-18)38-20-6-3-12-29-15-20/h2-3,6-10,12,15,17,21,23,27,30H,1,4-5,11,13-14,16H2,(H,31,36)(H,32,37)/t17-,21?,23?,27?/m1/s1. The van der Waals surface area contributed by atoms with Gasteiger partial charge in [0.15, 0.2) is 0 Å². The molecule has 39 heavy (non-hydrogen) atoms. The fourth-order valence-electron chi connectivity index (χ4n) is 5.82. The van der Waals surface area contributed by atoms with Crippen LogP contribution in [0.15, 0.2) is 72.0 Å². The molecular formula is C28H30N6O4S. The van der Waals surface area contributed by atoms with E-state index in [-0.39, 0.29) is 41.2 Å². The summed E-state index contributed by atoms with van der Waals surface area (Å²) in [6, 6.07) is 10.6. The van der Waals surface area contributed by atoms with Crippen LogP contribution in [0.4, 0.5) is 10.5 Å². The first-order valence-electron chi connectivity index (χ1n) is 13.2. The number of anilines is 1. The third kappa shape index (κ3) is 4.99. The van der Waals surface area contributed by atoms with E-state index in [1.54, 1.807) is 22.2 Å². The number of hydrogen-bond donors (Lipinski definition) is 3. The molecule has 6 rings (SSSR count). The van der Waals surface area contributed by atoms with E-state index in [2.05, 4.69) is 27.5 Å². The van der Waals surface area contributed by atoms with Crippen molar-refractivity contribution >= 4 is 35.3 Å². The minimum atomic E-state index is -0.249. The normalized spacial score (nSPS) is 26.0. The number of benzene rings is 1. The van der Waals surface area contributed by atoms with Crippen molar-refractivity contribution in [3.05, 3.63) is 72.0 Å². The van der Waals surface area contributed by atoms with Crippen LogP contribution in [-0.2, 0) is 9.59 Å². The molecular weight excluding hydrogens is 516 g/mol. The number of hydrogen-bond acceptors (Lipinski definition) is 7. The van der Waals surface area contributed by atoms with Crippen molar-refractivity contribution in [3.8, 4) is 11.5 Å². The van der Waals surface area contributed by atoms with Crippen molar-refractivity contribution in [1.82, 2.24) is 25.8 Å². The number of ether oxygens (including phenoxy) is 1. The molecule has 1 aromatic carbocycles. The highest BCUT2D eigenvalue weighted by Gasteiger charge is 2.51. The van der Waals surface area contributed by atoms with Crippen LogP contribution in [0.25, 0.3) is 0 Å². The molecule has 0 saturated carbocycles. The van der Waals surface area contributed by atoms with Crippen LogP contribution < -0.4 is 25.6 Å². The molecule has 3 unspecified atom stereocenters. The molecule has 4 aliphatic heterocycles. The molecule has 0 aliphatic carbocycles. The highest BCUT2D eigenvalue weighted by Crippen LogP contribution is 2.48. The van der Waals surface area contributed by atoms with Crippen molar-refractivity contribution in [2.75, 3.05) is 24.5 Å². The van der Waals surface area contributed by atoms with Crippen molar-refractivity contribution in [1.29, 1.82) is 0 Å². The number of amides is 4.